The van der Waals surface area contributed by atoms with E-state index in [0.29, 0.717) is 12.1 Å². The van der Waals surface area contributed by atoms with Gasteiger partial charge in [-0.2, -0.15) is 0 Å². The second kappa shape index (κ2) is 6.15. The van der Waals surface area contributed by atoms with Gasteiger partial charge < -0.3 is 9.64 Å². The maximum absolute atomic E-state index is 5.30. The third-order valence-corrected chi connectivity index (χ3v) is 2.38. The lowest BCUT2D eigenvalue weighted by atomic mass is 10.3. The van der Waals surface area contributed by atoms with E-state index in [-0.39, 0.29) is 6.04 Å². The van der Waals surface area contributed by atoms with Gasteiger partial charge in [-0.15, -0.1) is 0 Å². The molecule has 0 aliphatic carbocycles. The summed E-state index contributed by atoms with van der Waals surface area (Å²) in [5.41, 5.74) is 1.03. The summed E-state index contributed by atoms with van der Waals surface area (Å²) in [6.07, 6.45) is 0.363. The standard InChI is InChI=1S/C13H25N3O/c1-9(2)14-13(15-10(3)4)16(11(5)6)7-12-8-17-12/h9,11-12H,7-8H2,1-6H3/b14-13-. The molecule has 1 unspecified atom stereocenters. The molecule has 0 radical (unpaired) electrons. The fraction of sp³-hybridized carbons (Fsp3) is 0.846. The minimum Gasteiger partial charge on any atom is -0.371 e. The zero-order chi connectivity index (χ0) is 13.0. The summed E-state index contributed by atoms with van der Waals surface area (Å²) in [6.45, 7) is 14.2. The smallest absolute Gasteiger partial charge is 0.221 e. The number of hydrogen-bond acceptors (Lipinski definition) is 2. The van der Waals surface area contributed by atoms with Crippen molar-refractivity contribution in [3.05, 3.63) is 0 Å². The summed E-state index contributed by atoms with van der Waals surface area (Å²) in [6, 6.07) is 0.647. The number of nitrogens with zero attached hydrogens (tertiary/aromatic N) is 3. The summed E-state index contributed by atoms with van der Waals surface area (Å²) in [5.74, 6) is 0.838. The summed E-state index contributed by atoms with van der Waals surface area (Å²) in [5, 5.41) is 0. The quantitative estimate of drug-likeness (QED) is 0.429. The van der Waals surface area contributed by atoms with Gasteiger partial charge in [0.1, 0.15) is 0 Å². The van der Waals surface area contributed by atoms with E-state index < -0.39 is 0 Å². The lowest BCUT2D eigenvalue weighted by molar-refractivity contribution is 0.293. The largest absolute Gasteiger partial charge is 0.371 e. The number of rotatable bonds is 4. The van der Waals surface area contributed by atoms with Crippen molar-refractivity contribution in [1.29, 1.82) is 0 Å². The molecule has 1 aliphatic rings. The maximum Gasteiger partial charge on any atom is 0.221 e. The Morgan fingerprint density at radius 1 is 1.29 bits per heavy atom. The Labute approximate surface area is 105 Å². The van der Waals surface area contributed by atoms with Crippen LogP contribution in [0.2, 0.25) is 0 Å². The Kier molecular flexibility index (Phi) is 5.12. The molecule has 0 aromatic rings. The van der Waals surface area contributed by atoms with E-state index in [1.54, 1.807) is 0 Å². The number of hydrogen-bond donors (Lipinski definition) is 0. The van der Waals surface area contributed by atoms with Crippen LogP contribution in [0.15, 0.2) is 9.98 Å². The predicted octanol–water partition coefficient (Wildman–Crippen LogP) is 2.34. The van der Waals surface area contributed by atoms with Gasteiger partial charge in [-0.05, 0) is 41.5 Å². The van der Waals surface area contributed by atoms with Crippen LogP contribution in [-0.4, -0.2) is 47.9 Å². The van der Waals surface area contributed by atoms with E-state index in [4.69, 9.17) is 4.74 Å². The normalized spacial score (nSPS) is 19.8. The summed E-state index contributed by atoms with van der Waals surface area (Å²) < 4.78 is 5.30. The molecule has 17 heavy (non-hydrogen) atoms. The highest BCUT2D eigenvalue weighted by atomic mass is 16.6. The molecule has 1 saturated heterocycles. The van der Waals surface area contributed by atoms with Gasteiger partial charge in [0, 0.05) is 24.3 Å². The van der Waals surface area contributed by atoms with E-state index in [1.165, 1.54) is 0 Å². The van der Waals surface area contributed by atoms with Crippen LogP contribution in [0.1, 0.15) is 41.5 Å². The molecule has 0 aromatic carbocycles. The van der Waals surface area contributed by atoms with Crippen molar-refractivity contribution >= 4 is 11.7 Å². The van der Waals surface area contributed by atoms with E-state index >= 15 is 0 Å². The summed E-state index contributed by atoms with van der Waals surface area (Å²) in [7, 11) is 0. The van der Waals surface area contributed by atoms with Gasteiger partial charge in [-0.1, -0.05) is 0 Å². The van der Waals surface area contributed by atoms with Crippen LogP contribution in [0, 0.1) is 0 Å². The molecule has 0 aromatic heterocycles. The molecular weight excluding hydrogens is 214 g/mol. The van der Waals surface area contributed by atoms with Crippen molar-refractivity contribution < 1.29 is 4.74 Å². The highest BCUT2D eigenvalue weighted by molar-refractivity contribution is 5.95. The van der Waals surface area contributed by atoms with Gasteiger partial charge in [0.25, 0.3) is 0 Å². The van der Waals surface area contributed by atoms with Crippen molar-refractivity contribution in [2.75, 3.05) is 13.2 Å². The molecule has 1 heterocycles. The van der Waals surface area contributed by atoms with Crippen LogP contribution in [0.4, 0.5) is 0 Å². The van der Waals surface area contributed by atoms with E-state index in [2.05, 4.69) is 42.6 Å². The van der Waals surface area contributed by atoms with Gasteiger partial charge in [0.15, 0.2) is 0 Å². The fourth-order valence-corrected chi connectivity index (χ4v) is 1.51. The molecule has 0 saturated carbocycles. The second-order valence-electron chi connectivity index (χ2n) is 5.28. The van der Waals surface area contributed by atoms with Crippen molar-refractivity contribution in [3.63, 3.8) is 0 Å². The Morgan fingerprint density at radius 3 is 2.24 bits per heavy atom. The van der Waals surface area contributed by atoms with Crippen LogP contribution in [0.3, 0.4) is 0 Å². The first-order chi connectivity index (χ1) is 7.90. The van der Waals surface area contributed by atoms with E-state index in [1.807, 2.05) is 13.8 Å². The number of guanidine groups is 1. The number of aliphatic imine (C=N–C) groups is 2. The molecule has 0 bridgehead atoms. The molecule has 0 spiro atoms. The molecular formula is C13H25N3O. The minimum absolute atomic E-state index is 0.259. The highest BCUT2D eigenvalue weighted by Crippen LogP contribution is 2.14. The molecule has 1 aliphatic heterocycles. The Hall–Kier alpha value is -0.900. The van der Waals surface area contributed by atoms with Crippen molar-refractivity contribution in [2.45, 2.75) is 59.7 Å². The lowest BCUT2D eigenvalue weighted by Gasteiger charge is -2.27. The molecule has 1 rings (SSSR count). The first kappa shape index (κ1) is 14.2. The SMILES string of the molecule is CC(C)=N/C(=N/C(C)C)N(CC1CO1)C(C)C. The third kappa shape index (κ3) is 5.31. The molecule has 1 atom stereocenters. The first-order valence-corrected chi connectivity index (χ1v) is 6.38. The zero-order valence-corrected chi connectivity index (χ0v) is 11.9. The minimum atomic E-state index is 0.259. The average Bonchev–Trinajstić information content (AvgIpc) is 2.94. The number of epoxide rings is 1. The third-order valence-electron chi connectivity index (χ3n) is 2.38. The van der Waals surface area contributed by atoms with Gasteiger partial charge >= 0.3 is 0 Å². The summed E-state index contributed by atoms with van der Waals surface area (Å²) >= 11 is 0. The average molecular weight is 239 g/mol. The molecule has 98 valence electrons. The van der Waals surface area contributed by atoms with Crippen molar-refractivity contribution in [3.8, 4) is 0 Å². The first-order valence-electron chi connectivity index (χ1n) is 6.38. The zero-order valence-electron chi connectivity index (χ0n) is 11.9. The lowest BCUT2D eigenvalue weighted by Crippen LogP contribution is -2.39. The Bertz CT molecular complexity index is 300. The van der Waals surface area contributed by atoms with Crippen LogP contribution in [0.5, 0.6) is 0 Å². The monoisotopic (exact) mass is 239 g/mol. The van der Waals surface area contributed by atoms with E-state index in [0.717, 1.165) is 24.8 Å². The number of ether oxygens (including phenoxy) is 1. The van der Waals surface area contributed by atoms with Gasteiger partial charge in [0.05, 0.1) is 12.7 Å². The molecule has 0 N–H and O–H groups in total. The Morgan fingerprint density at radius 2 is 1.88 bits per heavy atom. The Balaban J connectivity index is 2.86. The van der Waals surface area contributed by atoms with Crippen LogP contribution >= 0.6 is 0 Å². The summed E-state index contributed by atoms with van der Waals surface area (Å²) in [4.78, 5) is 11.4. The predicted molar refractivity (Wildman–Crippen MR) is 72.9 cm³/mol. The van der Waals surface area contributed by atoms with Crippen LogP contribution in [-0.2, 0) is 4.74 Å². The van der Waals surface area contributed by atoms with Gasteiger partial charge in [0.2, 0.25) is 5.96 Å². The molecule has 0 amide bonds. The van der Waals surface area contributed by atoms with Gasteiger partial charge in [-0.25, -0.2) is 9.98 Å². The van der Waals surface area contributed by atoms with E-state index in [9.17, 15) is 0 Å². The van der Waals surface area contributed by atoms with Crippen molar-refractivity contribution in [2.24, 2.45) is 9.98 Å². The maximum atomic E-state index is 5.30. The molecule has 4 nitrogen and oxygen atoms in total. The highest BCUT2D eigenvalue weighted by Gasteiger charge is 2.28. The topological polar surface area (TPSA) is 40.5 Å². The second-order valence-corrected chi connectivity index (χ2v) is 5.28. The molecule has 1 fully saturated rings. The van der Waals surface area contributed by atoms with Gasteiger partial charge in [-0.3, -0.25) is 0 Å². The molecule has 4 heteroatoms. The van der Waals surface area contributed by atoms with Crippen molar-refractivity contribution in [1.82, 2.24) is 4.90 Å². The fourth-order valence-electron chi connectivity index (χ4n) is 1.51. The van der Waals surface area contributed by atoms with Crippen LogP contribution in [0.25, 0.3) is 0 Å². The van der Waals surface area contributed by atoms with Crippen LogP contribution < -0.4 is 0 Å².